The molecule has 2 heterocycles. The second-order valence-corrected chi connectivity index (χ2v) is 10.7. The average Bonchev–Trinajstić information content (AvgIpc) is 2.46. The van der Waals surface area contributed by atoms with Gasteiger partial charge in [-0.2, -0.15) is 0 Å². The fourth-order valence-corrected chi connectivity index (χ4v) is 2.02. The van der Waals surface area contributed by atoms with Crippen molar-refractivity contribution in [1.82, 2.24) is 9.97 Å². The van der Waals surface area contributed by atoms with Gasteiger partial charge in [-0.15, -0.1) is 5.54 Å². The maximum absolute atomic E-state index is 5.80. The Bertz CT molecular complexity index is 657. The predicted molar refractivity (Wildman–Crippen MR) is 97.7 cm³/mol. The van der Waals surface area contributed by atoms with Crippen LogP contribution in [0.15, 0.2) is 36.8 Å². The number of hydrogen-bond acceptors (Lipinski definition) is 4. The third-order valence-electron chi connectivity index (χ3n) is 2.42. The Kier molecular flexibility index (Phi) is 6.90. The van der Waals surface area contributed by atoms with Crippen LogP contribution in [-0.2, 0) is 0 Å². The molecule has 0 atom stereocenters. The first-order valence-corrected chi connectivity index (χ1v) is 10.7. The van der Waals surface area contributed by atoms with Crippen LogP contribution in [0.1, 0.15) is 5.56 Å². The molecule has 2 aromatic rings. The Labute approximate surface area is 138 Å². The van der Waals surface area contributed by atoms with Crippen LogP contribution in [0.25, 0.3) is 0 Å². The minimum Gasteiger partial charge on any atom is -0.399 e. The molecule has 0 spiro atoms. The van der Waals surface area contributed by atoms with E-state index in [-0.39, 0.29) is 0 Å². The summed E-state index contributed by atoms with van der Waals surface area (Å²) >= 11 is 5.80. The van der Waals surface area contributed by atoms with E-state index in [1.165, 1.54) is 0 Å². The maximum Gasteiger partial charge on any atom is 0.131 e. The van der Waals surface area contributed by atoms with Crippen molar-refractivity contribution in [3.63, 3.8) is 0 Å². The van der Waals surface area contributed by atoms with E-state index in [9.17, 15) is 0 Å². The highest BCUT2D eigenvalue weighted by Gasteiger charge is 2.08. The molecular formula is C16H21ClN4Si. The second kappa shape index (κ2) is 8.42. The van der Waals surface area contributed by atoms with Gasteiger partial charge in [-0.25, -0.2) is 4.98 Å². The summed E-state index contributed by atoms with van der Waals surface area (Å²) in [5.41, 5.74) is 11.2. The third-order valence-corrected chi connectivity index (χ3v) is 3.50. The predicted octanol–water partition coefficient (Wildman–Crippen LogP) is 3.67. The van der Waals surface area contributed by atoms with Crippen LogP contribution < -0.4 is 11.1 Å². The first-order chi connectivity index (χ1) is 10.3. The van der Waals surface area contributed by atoms with E-state index in [4.69, 9.17) is 17.3 Å². The average molecular weight is 333 g/mol. The van der Waals surface area contributed by atoms with E-state index in [0.29, 0.717) is 5.15 Å². The summed E-state index contributed by atoms with van der Waals surface area (Å²) in [5, 5.41) is 3.55. The molecule has 3 N–H and O–H groups in total. The Morgan fingerprint density at radius 3 is 2.32 bits per heavy atom. The monoisotopic (exact) mass is 332 g/mol. The molecule has 116 valence electrons. The highest BCUT2D eigenvalue weighted by atomic mass is 35.5. The first-order valence-electron chi connectivity index (χ1n) is 6.84. The van der Waals surface area contributed by atoms with Crippen molar-refractivity contribution >= 4 is 31.0 Å². The molecule has 22 heavy (non-hydrogen) atoms. The lowest BCUT2D eigenvalue weighted by molar-refractivity contribution is 1.30. The minimum atomic E-state index is -1.34. The van der Waals surface area contributed by atoms with Gasteiger partial charge in [-0.1, -0.05) is 37.2 Å². The number of nitrogens with zero attached hydrogens (tertiary/aromatic N) is 2. The molecule has 2 aromatic heterocycles. The number of aromatic nitrogens is 2. The minimum absolute atomic E-state index is 0.484. The molecule has 0 amide bonds. The Morgan fingerprint density at radius 2 is 1.86 bits per heavy atom. The standard InChI is InChI=1S/C11H15ClN2Si.C5H6N2/c1-13-10-7-11(12)14-8-9(10)5-6-15(2,3)4;6-5-1-3-7-4-2-5/h7-8H,1-4H3,(H,13,14);1-4H,(H2,6,7). The van der Waals surface area contributed by atoms with Crippen molar-refractivity contribution in [1.29, 1.82) is 0 Å². The summed E-state index contributed by atoms with van der Waals surface area (Å²) in [7, 11) is 0.514. The summed E-state index contributed by atoms with van der Waals surface area (Å²) < 4.78 is 0. The molecule has 0 radical (unpaired) electrons. The van der Waals surface area contributed by atoms with Crippen LogP contribution in [-0.4, -0.2) is 25.1 Å². The molecule has 0 aliphatic carbocycles. The molecule has 0 unspecified atom stereocenters. The van der Waals surface area contributed by atoms with E-state index >= 15 is 0 Å². The summed E-state index contributed by atoms with van der Waals surface area (Å²) in [6.45, 7) is 6.63. The van der Waals surface area contributed by atoms with E-state index in [2.05, 4.69) is 46.4 Å². The number of hydrogen-bond donors (Lipinski definition) is 2. The van der Waals surface area contributed by atoms with Crippen LogP contribution in [0.4, 0.5) is 11.4 Å². The van der Waals surface area contributed by atoms with E-state index in [1.807, 2.05) is 7.05 Å². The SMILES string of the molecule is CNc1cc(Cl)ncc1C#C[Si](C)(C)C.Nc1ccncc1. The van der Waals surface area contributed by atoms with Crippen molar-refractivity contribution in [3.8, 4) is 11.5 Å². The lowest BCUT2D eigenvalue weighted by atomic mass is 10.2. The topological polar surface area (TPSA) is 63.8 Å². The van der Waals surface area contributed by atoms with Gasteiger partial charge < -0.3 is 11.1 Å². The highest BCUT2D eigenvalue weighted by molar-refractivity contribution is 6.83. The quantitative estimate of drug-likeness (QED) is 0.475. The van der Waals surface area contributed by atoms with Crippen LogP contribution in [0.3, 0.4) is 0 Å². The fourth-order valence-electron chi connectivity index (χ4n) is 1.35. The first kappa shape index (κ1) is 18.0. The van der Waals surface area contributed by atoms with Gasteiger partial charge in [0.15, 0.2) is 0 Å². The number of nitrogen functional groups attached to an aromatic ring is 1. The molecule has 4 nitrogen and oxygen atoms in total. The van der Waals surface area contributed by atoms with Crippen LogP contribution in [0, 0.1) is 11.5 Å². The van der Waals surface area contributed by atoms with Crippen molar-refractivity contribution in [2.75, 3.05) is 18.1 Å². The van der Waals surface area contributed by atoms with Gasteiger partial charge in [0, 0.05) is 31.3 Å². The van der Waals surface area contributed by atoms with Crippen molar-refractivity contribution in [3.05, 3.63) is 47.5 Å². The van der Waals surface area contributed by atoms with E-state index in [1.54, 1.807) is 36.8 Å². The van der Waals surface area contributed by atoms with Crippen LogP contribution in [0.2, 0.25) is 24.8 Å². The number of pyridine rings is 2. The Hall–Kier alpha value is -2.03. The summed E-state index contributed by atoms with van der Waals surface area (Å²) in [4.78, 5) is 7.79. The van der Waals surface area contributed by atoms with Crippen LogP contribution >= 0.6 is 11.6 Å². The Morgan fingerprint density at radius 1 is 1.23 bits per heavy atom. The largest absolute Gasteiger partial charge is 0.399 e. The molecule has 0 saturated heterocycles. The number of anilines is 2. The zero-order valence-electron chi connectivity index (χ0n) is 13.3. The third kappa shape index (κ3) is 7.11. The summed E-state index contributed by atoms with van der Waals surface area (Å²) in [6, 6.07) is 5.29. The van der Waals surface area contributed by atoms with Gasteiger partial charge in [0.2, 0.25) is 0 Å². The van der Waals surface area contributed by atoms with Gasteiger partial charge in [-0.3, -0.25) is 4.98 Å². The normalized spacial score (nSPS) is 9.86. The van der Waals surface area contributed by atoms with Gasteiger partial charge in [-0.05, 0) is 18.2 Å². The molecular weight excluding hydrogens is 312 g/mol. The molecule has 0 bridgehead atoms. The fraction of sp³-hybridized carbons (Fsp3) is 0.250. The molecule has 2 rings (SSSR count). The van der Waals surface area contributed by atoms with Crippen molar-refractivity contribution in [2.45, 2.75) is 19.6 Å². The Balaban J connectivity index is 0.000000287. The maximum atomic E-state index is 5.80. The summed E-state index contributed by atoms with van der Waals surface area (Å²) in [5.74, 6) is 3.16. The lowest BCUT2D eigenvalue weighted by Gasteiger charge is -2.06. The molecule has 0 saturated carbocycles. The number of nitrogens with two attached hydrogens (primary N) is 1. The van der Waals surface area contributed by atoms with Gasteiger partial charge >= 0.3 is 0 Å². The molecule has 0 aliphatic rings. The highest BCUT2D eigenvalue weighted by Crippen LogP contribution is 2.17. The molecule has 0 aromatic carbocycles. The van der Waals surface area contributed by atoms with E-state index < -0.39 is 8.07 Å². The number of nitrogens with one attached hydrogen (secondary N) is 1. The van der Waals surface area contributed by atoms with Gasteiger partial charge in [0.25, 0.3) is 0 Å². The van der Waals surface area contributed by atoms with Crippen LogP contribution in [0.5, 0.6) is 0 Å². The summed E-state index contributed by atoms with van der Waals surface area (Å²) in [6.07, 6.45) is 5.03. The number of halogens is 1. The molecule has 0 aliphatic heterocycles. The lowest BCUT2D eigenvalue weighted by Crippen LogP contribution is -2.16. The zero-order chi connectivity index (χ0) is 16.6. The number of rotatable bonds is 1. The zero-order valence-corrected chi connectivity index (χ0v) is 15.1. The van der Waals surface area contributed by atoms with E-state index in [0.717, 1.165) is 16.9 Å². The van der Waals surface area contributed by atoms with Gasteiger partial charge in [0.1, 0.15) is 13.2 Å². The van der Waals surface area contributed by atoms with Gasteiger partial charge in [0.05, 0.1) is 11.3 Å². The molecule has 0 fully saturated rings. The van der Waals surface area contributed by atoms with Crippen molar-refractivity contribution < 1.29 is 0 Å². The molecule has 6 heteroatoms. The second-order valence-electron chi connectivity index (χ2n) is 5.58. The smallest absolute Gasteiger partial charge is 0.131 e. The van der Waals surface area contributed by atoms with Crippen molar-refractivity contribution in [2.24, 2.45) is 0 Å².